The summed E-state index contributed by atoms with van der Waals surface area (Å²) in [5.74, 6) is 0. The standard InChI is InChI=1S/C25H27N3/c1-3-7-20(8-4-1)25(21-9-5-2-6-10-21)27-15-12-24(13-16-27)28-18-22-11-14-26-17-23(22)19-28/h1-11,14,17,24-25H,12-13,15-16,18-19H2. The molecule has 0 atom stereocenters. The van der Waals surface area contributed by atoms with Crippen molar-refractivity contribution in [2.24, 2.45) is 0 Å². The van der Waals surface area contributed by atoms with Crippen LogP contribution in [0.2, 0.25) is 0 Å². The Kier molecular flexibility index (Phi) is 4.94. The number of likely N-dealkylation sites (tertiary alicyclic amines) is 1. The number of aromatic nitrogens is 1. The largest absolute Gasteiger partial charge is 0.292 e. The van der Waals surface area contributed by atoms with Crippen molar-refractivity contribution in [2.45, 2.75) is 38.0 Å². The van der Waals surface area contributed by atoms with Gasteiger partial charge < -0.3 is 0 Å². The van der Waals surface area contributed by atoms with Gasteiger partial charge in [-0.1, -0.05) is 60.7 Å². The normalized spacial score (nSPS) is 18.5. The SMILES string of the molecule is c1ccc(C(c2ccccc2)N2CCC(N3Cc4ccncc4C3)CC2)cc1. The molecule has 2 aromatic carbocycles. The molecule has 1 saturated heterocycles. The first-order valence-electron chi connectivity index (χ1n) is 10.4. The Bertz CT molecular complexity index is 837. The highest BCUT2D eigenvalue weighted by Gasteiger charge is 2.32. The fourth-order valence-corrected chi connectivity index (χ4v) is 4.90. The molecular formula is C25H27N3. The van der Waals surface area contributed by atoms with Crippen LogP contribution in [0, 0.1) is 0 Å². The molecule has 3 nitrogen and oxygen atoms in total. The maximum Gasteiger partial charge on any atom is 0.0601 e. The van der Waals surface area contributed by atoms with E-state index in [1.54, 1.807) is 0 Å². The van der Waals surface area contributed by atoms with E-state index >= 15 is 0 Å². The van der Waals surface area contributed by atoms with Gasteiger partial charge in [0.25, 0.3) is 0 Å². The highest BCUT2D eigenvalue weighted by molar-refractivity contribution is 5.32. The first-order chi connectivity index (χ1) is 13.9. The Morgan fingerprint density at radius 3 is 1.96 bits per heavy atom. The average Bonchev–Trinajstić information content (AvgIpc) is 3.20. The molecular weight excluding hydrogens is 342 g/mol. The number of nitrogens with zero attached hydrogens (tertiary/aromatic N) is 3. The van der Waals surface area contributed by atoms with Crippen LogP contribution < -0.4 is 0 Å². The van der Waals surface area contributed by atoms with Gasteiger partial charge in [-0.3, -0.25) is 14.8 Å². The molecule has 3 aromatic rings. The van der Waals surface area contributed by atoms with Gasteiger partial charge >= 0.3 is 0 Å². The predicted molar refractivity (Wildman–Crippen MR) is 113 cm³/mol. The molecule has 3 heterocycles. The number of benzene rings is 2. The third kappa shape index (κ3) is 3.48. The lowest BCUT2D eigenvalue weighted by Gasteiger charge is -2.40. The number of fused-ring (bicyclic) bond motifs is 1. The Balaban J connectivity index is 1.31. The van der Waals surface area contributed by atoms with E-state index in [1.807, 2.05) is 12.4 Å². The van der Waals surface area contributed by atoms with Gasteiger partial charge in [0, 0.05) is 44.6 Å². The van der Waals surface area contributed by atoms with E-state index in [-0.39, 0.29) is 0 Å². The summed E-state index contributed by atoms with van der Waals surface area (Å²) < 4.78 is 0. The summed E-state index contributed by atoms with van der Waals surface area (Å²) in [6.07, 6.45) is 6.44. The number of piperidine rings is 1. The summed E-state index contributed by atoms with van der Waals surface area (Å²) in [6, 6.07) is 25.2. The maximum atomic E-state index is 4.30. The summed E-state index contributed by atoms with van der Waals surface area (Å²) in [5.41, 5.74) is 5.67. The Morgan fingerprint density at radius 2 is 1.36 bits per heavy atom. The Labute approximate surface area is 167 Å². The molecule has 0 bridgehead atoms. The summed E-state index contributed by atoms with van der Waals surface area (Å²) in [7, 11) is 0. The molecule has 3 heteroatoms. The molecule has 0 amide bonds. The topological polar surface area (TPSA) is 19.4 Å². The van der Waals surface area contributed by atoms with Gasteiger partial charge in [-0.25, -0.2) is 0 Å². The van der Waals surface area contributed by atoms with Crippen LogP contribution in [0.1, 0.15) is 41.1 Å². The predicted octanol–water partition coefficient (Wildman–Crippen LogP) is 4.65. The van der Waals surface area contributed by atoms with Crippen LogP contribution in [-0.4, -0.2) is 33.9 Å². The van der Waals surface area contributed by atoms with Crippen molar-refractivity contribution in [3.63, 3.8) is 0 Å². The minimum atomic E-state index is 0.350. The van der Waals surface area contributed by atoms with E-state index < -0.39 is 0 Å². The molecule has 0 unspecified atom stereocenters. The number of pyridine rings is 1. The lowest BCUT2D eigenvalue weighted by Crippen LogP contribution is -2.44. The molecule has 0 saturated carbocycles. The van der Waals surface area contributed by atoms with Crippen LogP contribution in [0.5, 0.6) is 0 Å². The summed E-state index contributed by atoms with van der Waals surface area (Å²) in [6.45, 7) is 4.44. The van der Waals surface area contributed by atoms with E-state index in [1.165, 1.54) is 35.1 Å². The molecule has 0 N–H and O–H groups in total. The summed E-state index contributed by atoms with van der Waals surface area (Å²) >= 11 is 0. The van der Waals surface area contributed by atoms with Gasteiger partial charge in [0.15, 0.2) is 0 Å². The number of rotatable bonds is 4. The van der Waals surface area contributed by atoms with Gasteiger partial charge in [0.05, 0.1) is 6.04 Å². The van der Waals surface area contributed by atoms with Crippen molar-refractivity contribution >= 4 is 0 Å². The third-order valence-corrected chi connectivity index (χ3v) is 6.36. The van der Waals surface area contributed by atoms with Crippen LogP contribution in [-0.2, 0) is 13.1 Å². The minimum absolute atomic E-state index is 0.350. The lowest BCUT2D eigenvalue weighted by atomic mass is 9.93. The zero-order valence-electron chi connectivity index (χ0n) is 16.2. The molecule has 0 aliphatic carbocycles. The van der Waals surface area contributed by atoms with E-state index in [4.69, 9.17) is 0 Å². The van der Waals surface area contributed by atoms with Gasteiger partial charge in [0.1, 0.15) is 0 Å². The van der Waals surface area contributed by atoms with Crippen molar-refractivity contribution in [3.05, 3.63) is 101 Å². The second-order valence-corrected chi connectivity index (χ2v) is 8.04. The van der Waals surface area contributed by atoms with Gasteiger partial charge in [-0.2, -0.15) is 0 Å². The van der Waals surface area contributed by atoms with Crippen LogP contribution >= 0.6 is 0 Å². The zero-order chi connectivity index (χ0) is 18.8. The fourth-order valence-electron chi connectivity index (χ4n) is 4.90. The van der Waals surface area contributed by atoms with Crippen molar-refractivity contribution in [3.8, 4) is 0 Å². The van der Waals surface area contributed by atoms with E-state index in [9.17, 15) is 0 Å². The fraction of sp³-hybridized carbons (Fsp3) is 0.320. The smallest absolute Gasteiger partial charge is 0.0601 e. The van der Waals surface area contributed by atoms with Crippen LogP contribution in [0.4, 0.5) is 0 Å². The first kappa shape index (κ1) is 17.6. The second kappa shape index (κ2) is 7.86. The highest BCUT2D eigenvalue weighted by Crippen LogP contribution is 2.33. The molecule has 28 heavy (non-hydrogen) atoms. The van der Waals surface area contributed by atoms with Gasteiger partial charge in [-0.15, -0.1) is 0 Å². The average molecular weight is 370 g/mol. The van der Waals surface area contributed by atoms with Gasteiger partial charge in [-0.05, 0) is 41.2 Å². The third-order valence-electron chi connectivity index (χ3n) is 6.36. The van der Waals surface area contributed by atoms with Crippen molar-refractivity contribution in [1.82, 2.24) is 14.8 Å². The molecule has 2 aliphatic heterocycles. The molecule has 1 aromatic heterocycles. The lowest BCUT2D eigenvalue weighted by molar-refractivity contribution is 0.0912. The molecule has 2 aliphatic rings. The van der Waals surface area contributed by atoms with Crippen molar-refractivity contribution < 1.29 is 0 Å². The van der Waals surface area contributed by atoms with Crippen molar-refractivity contribution in [1.29, 1.82) is 0 Å². The molecule has 1 fully saturated rings. The van der Waals surface area contributed by atoms with E-state index in [0.29, 0.717) is 12.1 Å². The van der Waals surface area contributed by atoms with E-state index in [2.05, 4.69) is 81.5 Å². The Hall–Kier alpha value is -2.49. The highest BCUT2D eigenvalue weighted by atomic mass is 15.2. The van der Waals surface area contributed by atoms with Crippen molar-refractivity contribution in [2.75, 3.05) is 13.1 Å². The Morgan fingerprint density at radius 1 is 0.750 bits per heavy atom. The molecule has 5 rings (SSSR count). The zero-order valence-corrected chi connectivity index (χ0v) is 16.2. The maximum absolute atomic E-state index is 4.30. The second-order valence-electron chi connectivity index (χ2n) is 8.04. The summed E-state index contributed by atoms with van der Waals surface area (Å²) in [5, 5.41) is 0. The van der Waals surface area contributed by atoms with Crippen LogP contribution in [0.25, 0.3) is 0 Å². The molecule has 142 valence electrons. The van der Waals surface area contributed by atoms with Gasteiger partial charge in [0.2, 0.25) is 0 Å². The monoisotopic (exact) mass is 369 g/mol. The number of hydrogen-bond acceptors (Lipinski definition) is 3. The van der Waals surface area contributed by atoms with Crippen LogP contribution in [0.15, 0.2) is 79.1 Å². The molecule has 0 spiro atoms. The molecule has 0 radical (unpaired) electrons. The summed E-state index contributed by atoms with van der Waals surface area (Å²) in [4.78, 5) is 9.63. The quantitative estimate of drug-likeness (QED) is 0.667. The van der Waals surface area contributed by atoms with Crippen LogP contribution in [0.3, 0.4) is 0 Å². The minimum Gasteiger partial charge on any atom is -0.292 e. The first-order valence-corrected chi connectivity index (χ1v) is 10.4. The number of hydrogen-bond donors (Lipinski definition) is 0. The van der Waals surface area contributed by atoms with E-state index in [0.717, 1.165) is 26.2 Å².